The fourth-order valence-electron chi connectivity index (χ4n) is 5.17. The summed E-state index contributed by atoms with van der Waals surface area (Å²) in [5.41, 5.74) is 0.447. The van der Waals surface area contributed by atoms with Crippen LogP contribution in [0.4, 0.5) is 9.18 Å². The maximum atomic E-state index is 13.5. The molecule has 3 aliphatic rings. The number of imide groups is 1. The lowest BCUT2D eigenvalue weighted by atomic mass is 9.61. The minimum Gasteiger partial charge on any atom is -0.381 e. The number of hydrogen-bond acceptors (Lipinski definition) is 3. The van der Waals surface area contributed by atoms with Crippen LogP contribution in [0.2, 0.25) is 0 Å². The Labute approximate surface area is 160 Å². The lowest BCUT2D eigenvalue weighted by Gasteiger charge is -2.46. The number of benzene rings is 1. The number of carbonyl (C=O) groups is 2. The van der Waals surface area contributed by atoms with E-state index in [1.54, 1.807) is 7.11 Å². The summed E-state index contributed by atoms with van der Waals surface area (Å²) in [7, 11) is 1.71. The average Bonchev–Trinajstić information content (AvgIpc) is 3.04. The van der Waals surface area contributed by atoms with E-state index in [0.717, 1.165) is 52.6 Å². The van der Waals surface area contributed by atoms with Crippen molar-refractivity contribution in [2.24, 2.45) is 5.41 Å². The number of fused-ring (bicyclic) bond motifs is 3. The first-order chi connectivity index (χ1) is 12.5. The smallest absolute Gasteiger partial charge is 0.325 e. The molecule has 2 fully saturated rings. The number of carbonyl (C=O) groups excluding carboxylic acids is 2. The fourth-order valence-corrected chi connectivity index (χ4v) is 5.53. The van der Waals surface area contributed by atoms with Gasteiger partial charge in [0.05, 0.1) is 12.6 Å². The van der Waals surface area contributed by atoms with Crippen molar-refractivity contribution in [1.82, 2.24) is 10.2 Å². The van der Waals surface area contributed by atoms with Gasteiger partial charge in [-0.15, -0.1) is 0 Å². The van der Waals surface area contributed by atoms with E-state index >= 15 is 0 Å². The van der Waals surface area contributed by atoms with Crippen LogP contribution >= 0.6 is 15.9 Å². The number of nitrogens with one attached hydrogen (secondary N) is 1. The second-order valence-corrected chi connectivity index (χ2v) is 8.44. The van der Waals surface area contributed by atoms with Gasteiger partial charge in [0, 0.05) is 17.0 Å². The zero-order valence-electron chi connectivity index (χ0n) is 14.7. The van der Waals surface area contributed by atoms with Gasteiger partial charge in [-0.05, 0) is 55.4 Å². The molecule has 0 radical (unpaired) electrons. The van der Waals surface area contributed by atoms with Crippen molar-refractivity contribution < 1.29 is 18.7 Å². The number of halogens is 2. The van der Waals surface area contributed by atoms with E-state index in [4.69, 9.17) is 4.74 Å². The van der Waals surface area contributed by atoms with Gasteiger partial charge in [0.15, 0.2) is 5.54 Å². The van der Waals surface area contributed by atoms with E-state index in [0.29, 0.717) is 0 Å². The van der Waals surface area contributed by atoms with Crippen LogP contribution in [0, 0.1) is 5.41 Å². The third kappa shape index (κ3) is 2.29. The van der Waals surface area contributed by atoms with Gasteiger partial charge in [-0.3, -0.25) is 9.69 Å². The second kappa shape index (κ2) is 6.30. The van der Waals surface area contributed by atoms with Crippen LogP contribution in [0.3, 0.4) is 0 Å². The van der Waals surface area contributed by atoms with Gasteiger partial charge >= 0.3 is 6.03 Å². The Balaban J connectivity index is 1.84. The van der Waals surface area contributed by atoms with Gasteiger partial charge in [-0.2, -0.15) is 0 Å². The molecule has 3 amide bonds. The van der Waals surface area contributed by atoms with Crippen LogP contribution in [0.15, 0.2) is 22.7 Å². The van der Waals surface area contributed by atoms with E-state index < -0.39 is 18.2 Å². The van der Waals surface area contributed by atoms with Crippen LogP contribution in [0.1, 0.15) is 36.8 Å². The fraction of sp³-hybridized carbons (Fsp3) is 0.579. The van der Waals surface area contributed by atoms with Crippen molar-refractivity contribution >= 4 is 27.9 Å². The Bertz CT molecular complexity index is 763. The number of alkyl halides is 1. The molecule has 0 unspecified atom stereocenters. The van der Waals surface area contributed by atoms with Crippen LogP contribution in [0.25, 0.3) is 0 Å². The molecular weight excluding hydrogens is 403 g/mol. The maximum absolute atomic E-state index is 13.5. The molecule has 1 N–H and O–H groups in total. The molecule has 2 aliphatic carbocycles. The molecule has 1 aromatic carbocycles. The molecule has 7 heteroatoms. The number of hydrogen-bond donors (Lipinski definition) is 1. The van der Waals surface area contributed by atoms with Crippen molar-refractivity contribution in [2.45, 2.75) is 43.7 Å². The number of nitrogens with zero attached hydrogens (tertiary/aromatic N) is 1. The molecule has 1 saturated heterocycles. The predicted octanol–water partition coefficient (Wildman–Crippen LogP) is 3.30. The first-order valence-corrected chi connectivity index (χ1v) is 9.78. The van der Waals surface area contributed by atoms with E-state index in [2.05, 4.69) is 21.2 Å². The lowest BCUT2D eigenvalue weighted by Crippen LogP contribution is -2.56. The quantitative estimate of drug-likeness (QED) is 0.757. The first kappa shape index (κ1) is 17.9. The third-order valence-electron chi connectivity index (χ3n) is 6.44. The Kier molecular flexibility index (Phi) is 4.34. The van der Waals surface area contributed by atoms with Crippen molar-refractivity contribution in [3.63, 3.8) is 0 Å². The first-order valence-electron chi connectivity index (χ1n) is 8.99. The summed E-state index contributed by atoms with van der Waals surface area (Å²) in [6.07, 6.45) is 4.18. The molecular formula is C19H22BrFN2O3. The topological polar surface area (TPSA) is 58.6 Å². The number of rotatable bonds is 3. The largest absolute Gasteiger partial charge is 0.381 e. The summed E-state index contributed by atoms with van der Waals surface area (Å²) in [6.45, 7) is -0.939. The van der Waals surface area contributed by atoms with E-state index in [-0.39, 0.29) is 24.0 Å². The van der Waals surface area contributed by atoms with Gasteiger partial charge in [-0.25, -0.2) is 9.18 Å². The van der Waals surface area contributed by atoms with Crippen molar-refractivity contribution in [2.75, 3.05) is 20.3 Å². The van der Waals surface area contributed by atoms with Crippen LogP contribution in [-0.4, -0.2) is 43.3 Å². The molecule has 1 heterocycles. The average molecular weight is 425 g/mol. The van der Waals surface area contributed by atoms with Gasteiger partial charge in [0.1, 0.15) is 6.67 Å². The molecule has 1 atom stereocenters. The standard InChI is InChI=1S/C19H22BrFN2O3/c1-26-14-4-6-18(7-5-14)11-12-2-3-13(20)10-15(12)19(18)16(24)23(9-8-21)17(25)22-19/h2-3,10,14H,4-9,11H2,1H3,(H,22,25)/t14?,18?,19-/m1/s1. The lowest BCUT2D eigenvalue weighted by molar-refractivity contribution is -0.138. The number of ether oxygens (including phenoxy) is 1. The van der Waals surface area contributed by atoms with Crippen molar-refractivity contribution in [1.29, 1.82) is 0 Å². The van der Waals surface area contributed by atoms with Gasteiger partial charge < -0.3 is 10.1 Å². The minimum atomic E-state index is -1.10. The molecule has 140 valence electrons. The van der Waals surface area contributed by atoms with Crippen molar-refractivity contribution in [3.05, 3.63) is 33.8 Å². The number of urea groups is 1. The molecule has 2 spiro atoms. The summed E-state index contributed by atoms with van der Waals surface area (Å²) in [5.74, 6) is -0.312. The van der Waals surface area contributed by atoms with Gasteiger partial charge in [0.2, 0.25) is 0 Å². The highest BCUT2D eigenvalue weighted by atomic mass is 79.9. The summed E-state index contributed by atoms with van der Waals surface area (Å²) >= 11 is 3.49. The number of amides is 3. The van der Waals surface area contributed by atoms with E-state index in [1.807, 2.05) is 18.2 Å². The molecule has 4 rings (SSSR count). The predicted molar refractivity (Wildman–Crippen MR) is 97.4 cm³/mol. The summed E-state index contributed by atoms with van der Waals surface area (Å²) < 4.78 is 19.3. The minimum absolute atomic E-state index is 0.183. The molecule has 1 aliphatic heterocycles. The van der Waals surface area contributed by atoms with E-state index in [9.17, 15) is 14.0 Å². The van der Waals surface area contributed by atoms with E-state index in [1.165, 1.54) is 0 Å². The number of methoxy groups -OCH3 is 1. The molecule has 1 saturated carbocycles. The Morgan fingerprint density at radius 1 is 1.35 bits per heavy atom. The molecule has 5 nitrogen and oxygen atoms in total. The summed E-state index contributed by atoms with van der Waals surface area (Å²) in [5, 5.41) is 3.00. The Morgan fingerprint density at radius 3 is 2.73 bits per heavy atom. The Morgan fingerprint density at radius 2 is 2.08 bits per heavy atom. The normalized spacial score (nSPS) is 33.2. The van der Waals surface area contributed by atoms with Crippen LogP contribution < -0.4 is 5.32 Å². The highest BCUT2D eigenvalue weighted by Gasteiger charge is 2.67. The Hall–Kier alpha value is -1.47. The highest BCUT2D eigenvalue weighted by molar-refractivity contribution is 9.10. The molecule has 0 bridgehead atoms. The second-order valence-electron chi connectivity index (χ2n) is 7.52. The third-order valence-corrected chi connectivity index (χ3v) is 6.93. The van der Waals surface area contributed by atoms with Gasteiger partial charge in [-0.1, -0.05) is 22.0 Å². The molecule has 1 aromatic rings. The van der Waals surface area contributed by atoms with Crippen molar-refractivity contribution in [3.8, 4) is 0 Å². The van der Waals surface area contributed by atoms with Crippen LogP contribution in [-0.2, 0) is 21.5 Å². The summed E-state index contributed by atoms with van der Waals surface area (Å²) in [6, 6.07) is 5.43. The van der Waals surface area contributed by atoms with Gasteiger partial charge in [0.25, 0.3) is 5.91 Å². The summed E-state index contributed by atoms with van der Waals surface area (Å²) in [4.78, 5) is 27.1. The SMILES string of the molecule is COC1CCC2(CC1)Cc1ccc(Br)cc1[C@]21NC(=O)N(CCF)C1=O. The molecule has 26 heavy (non-hydrogen) atoms. The zero-order valence-corrected chi connectivity index (χ0v) is 16.3. The monoisotopic (exact) mass is 424 g/mol. The maximum Gasteiger partial charge on any atom is 0.325 e. The van der Waals surface area contributed by atoms with Crippen LogP contribution in [0.5, 0.6) is 0 Å². The highest BCUT2D eigenvalue weighted by Crippen LogP contribution is 2.60. The molecule has 0 aromatic heterocycles. The zero-order chi connectivity index (χ0) is 18.5.